The predicted octanol–water partition coefficient (Wildman–Crippen LogP) is 2.85. The summed E-state index contributed by atoms with van der Waals surface area (Å²) in [7, 11) is 0. The number of thiophene rings is 1. The van der Waals surface area contributed by atoms with Crippen LogP contribution in [0.5, 0.6) is 0 Å². The van der Waals surface area contributed by atoms with Gasteiger partial charge in [0.25, 0.3) is 0 Å². The molecule has 1 aliphatic heterocycles. The molecule has 136 valence electrons. The monoisotopic (exact) mass is 379 g/mol. The first kappa shape index (κ1) is 19.9. The molecular weight excluding hydrogens is 354 g/mol. The van der Waals surface area contributed by atoms with Crippen molar-refractivity contribution >= 4 is 29.7 Å². The number of carbonyl (C=O) groups excluding carboxylic acids is 1. The summed E-state index contributed by atoms with van der Waals surface area (Å²) in [5, 5.41) is 5.08. The highest BCUT2D eigenvalue weighted by Crippen LogP contribution is 2.33. The van der Waals surface area contributed by atoms with E-state index >= 15 is 0 Å². The van der Waals surface area contributed by atoms with Gasteiger partial charge in [-0.25, -0.2) is 0 Å². The Hall–Kier alpha value is -1.40. The number of hydrogen-bond donors (Lipinski definition) is 2. The van der Waals surface area contributed by atoms with Crippen molar-refractivity contribution < 1.29 is 4.79 Å². The van der Waals surface area contributed by atoms with Crippen LogP contribution in [0.4, 0.5) is 0 Å². The van der Waals surface area contributed by atoms with Crippen molar-refractivity contribution in [3.8, 4) is 0 Å². The lowest BCUT2D eigenvalue weighted by atomic mass is 9.89. The van der Waals surface area contributed by atoms with Crippen LogP contribution >= 0.6 is 23.7 Å². The van der Waals surface area contributed by atoms with E-state index in [9.17, 15) is 4.79 Å². The number of halogens is 1. The molecule has 0 bridgehead atoms. The molecule has 6 heteroatoms. The molecule has 2 aromatic rings. The molecule has 1 saturated heterocycles. The minimum Gasteiger partial charge on any atom is -0.350 e. The number of rotatable bonds is 6. The van der Waals surface area contributed by atoms with Crippen LogP contribution < -0.4 is 11.1 Å². The second-order valence-electron chi connectivity index (χ2n) is 6.44. The average molecular weight is 380 g/mol. The molecule has 1 aromatic carbocycles. The van der Waals surface area contributed by atoms with Gasteiger partial charge in [0.2, 0.25) is 5.91 Å². The van der Waals surface area contributed by atoms with Crippen molar-refractivity contribution in [2.45, 2.75) is 25.4 Å². The lowest BCUT2D eigenvalue weighted by Gasteiger charge is -2.23. The van der Waals surface area contributed by atoms with Crippen LogP contribution in [0.2, 0.25) is 0 Å². The molecule has 0 spiro atoms. The largest absolute Gasteiger partial charge is 0.350 e. The van der Waals surface area contributed by atoms with Crippen LogP contribution in [-0.2, 0) is 11.3 Å². The molecule has 1 fully saturated rings. The average Bonchev–Trinajstić information content (AvgIpc) is 3.29. The highest BCUT2D eigenvalue weighted by atomic mass is 35.5. The van der Waals surface area contributed by atoms with Crippen LogP contribution in [-0.4, -0.2) is 36.5 Å². The van der Waals surface area contributed by atoms with E-state index in [4.69, 9.17) is 5.73 Å². The summed E-state index contributed by atoms with van der Waals surface area (Å²) in [6.07, 6.45) is 0. The zero-order chi connectivity index (χ0) is 16.9. The first-order valence-electron chi connectivity index (χ1n) is 8.48. The Morgan fingerprint density at radius 1 is 1.28 bits per heavy atom. The maximum Gasteiger partial charge on any atom is 0.237 e. The second kappa shape index (κ2) is 9.34. The lowest BCUT2D eigenvalue weighted by molar-refractivity contribution is -0.125. The third kappa shape index (κ3) is 4.82. The molecule has 0 saturated carbocycles. The van der Waals surface area contributed by atoms with Crippen molar-refractivity contribution in [1.82, 2.24) is 10.2 Å². The molecule has 25 heavy (non-hydrogen) atoms. The van der Waals surface area contributed by atoms with Crippen molar-refractivity contribution in [2.24, 2.45) is 11.7 Å². The maximum absolute atomic E-state index is 12.5. The molecule has 3 rings (SSSR count). The Balaban J connectivity index is 0.00000225. The van der Waals surface area contributed by atoms with Crippen molar-refractivity contribution in [1.29, 1.82) is 0 Å². The number of nitrogens with one attached hydrogen (secondary N) is 1. The number of nitrogens with two attached hydrogens (primary N) is 1. The molecule has 1 amide bonds. The molecule has 1 aromatic heterocycles. The number of benzene rings is 1. The van der Waals surface area contributed by atoms with E-state index in [-0.39, 0.29) is 24.4 Å². The van der Waals surface area contributed by atoms with E-state index in [1.165, 1.54) is 10.4 Å². The Morgan fingerprint density at radius 3 is 2.68 bits per heavy atom. The fraction of sp³-hybridized carbons (Fsp3) is 0.421. The molecule has 1 unspecified atom stereocenters. The molecule has 3 N–H and O–H groups in total. The number of hydrogen-bond acceptors (Lipinski definition) is 4. The number of amides is 1. The summed E-state index contributed by atoms with van der Waals surface area (Å²) < 4.78 is 0. The molecular formula is C19H26ClN3OS. The van der Waals surface area contributed by atoms with Gasteiger partial charge in [-0.15, -0.1) is 23.7 Å². The summed E-state index contributed by atoms with van der Waals surface area (Å²) in [5.41, 5.74) is 7.32. The van der Waals surface area contributed by atoms with Crippen LogP contribution in [0.25, 0.3) is 0 Å². The highest BCUT2D eigenvalue weighted by molar-refractivity contribution is 7.09. The molecule has 0 aliphatic carbocycles. The van der Waals surface area contributed by atoms with Crippen LogP contribution in [0.15, 0.2) is 47.8 Å². The van der Waals surface area contributed by atoms with Gasteiger partial charge >= 0.3 is 0 Å². The fourth-order valence-corrected chi connectivity index (χ4v) is 4.08. The summed E-state index contributed by atoms with van der Waals surface area (Å²) in [6, 6.07) is 14.4. The third-order valence-corrected chi connectivity index (χ3v) is 5.82. The maximum atomic E-state index is 12.5. The standard InChI is InChI=1S/C19H25N3OS.ClH/c1-14(19(23)21-11-17-8-5-9-24-17)22-12-16(10-20)18(13-22)15-6-3-2-4-7-15;/h2-9,14,16,18H,10-13,20H2,1H3,(H,21,23);1H/t14?,16-,18+;/m1./s1. The lowest BCUT2D eigenvalue weighted by Crippen LogP contribution is -2.44. The minimum atomic E-state index is -0.132. The van der Waals surface area contributed by atoms with Gasteiger partial charge in [0.05, 0.1) is 12.6 Å². The van der Waals surface area contributed by atoms with Gasteiger partial charge in [0.15, 0.2) is 0 Å². The van der Waals surface area contributed by atoms with Gasteiger partial charge in [-0.05, 0) is 36.4 Å². The zero-order valence-corrected chi connectivity index (χ0v) is 16.1. The van der Waals surface area contributed by atoms with E-state index in [0.717, 1.165) is 13.1 Å². The third-order valence-electron chi connectivity index (χ3n) is 4.94. The van der Waals surface area contributed by atoms with Gasteiger partial charge in [-0.3, -0.25) is 9.69 Å². The first-order chi connectivity index (χ1) is 11.7. The molecule has 4 nitrogen and oxygen atoms in total. The summed E-state index contributed by atoms with van der Waals surface area (Å²) >= 11 is 1.67. The predicted molar refractivity (Wildman–Crippen MR) is 106 cm³/mol. The molecule has 0 radical (unpaired) electrons. The second-order valence-corrected chi connectivity index (χ2v) is 7.47. The quantitative estimate of drug-likeness (QED) is 0.811. The molecule has 3 atom stereocenters. The van der Waals surface area contributed by atoms with E-state index in [2.05, 4.69) is 34.5 Å². The Morgan fingerprint density at radius 2 is 2.04 bits per heavy atom. The van der Waals surface area contributed by atoms with Crippen molar-refractivity contribution in [3.05, 3.63) is 58.3 Å². The minimum absolute atomic E-state index is 0. The van der Waals surface area contributed by atoms with Crippen molar-refractivity contribution in [2.75, 3.05) is 19.6 Å². The SMILES string of the molecule is CC(C(=O)NCc1cccs1)N1C[C@@H](CN)[C@H](c2ccccc2)C1.Cl. The van der Waals surface area contributed by atoms with Gasteiger partial charge in [0.1, 0.15) is 0 Å². The van der Waals surface area contributed by atoms with Gasteiger partial charge < -0.3 is 11.1 Å². The van der Waals surface area contributed by atoms with Gasteiger partial charge in [-0.1, -0.05) is 36.4 Å². The van der Waals surface area contributed by atoms with Crippen molar-refractivity contribution in [3.63, 3.8) is 0 Å². The smallest absolute Gasteiger partial charge is 0.237 e. The first-order valence-corrected chi connectivity index (χ1v) is 9.36. The number of likely N-dealkylation sites (tertiary alicyclic amines) is 1. The fourth-order valence-electron chi connectivity index (χ4n) is 3.44. The summed E-state index contributed by atoms with van der Waals surface area (Å²) in [6.45, 7) is 5.02. The van der Waals surface area contributed by atoms with E-state index in [1.54, 1.807) is 11.3 Å². The van der Waals surface area contributed by atoms with Crippen LogP contribution in [0.1, 0.15) is 23.3 Å². The number of carbonyl (C=O) groups is 1. The van der Waals surface area contributed by atoms with Gasteiger partial charge in [0, 0.05) is 23.9 Å². The van der Waals surface area contributed by atoms with E-state index in [1.807, 2.05) is 30.5 Å². The van der Waals surface area contributed by atoms with Crippen LogP contribution in [0, 0.1) is 5.92 Å². The summed E-state index contributed by atoms with van der Waals surface area (Å²) in [5.74, 6) is 0.900. The Labute approximate surface area is 159 Å². The highest BCUT2D eigenvalue weighted by Gasteiger charge is 2.36. The van der Waals surface area contributed by atoms with E-state index < -0.39 is 0 Å². The van der Waals surface area contributed by atoms with E-state index in [0.29, 0.717) is 24.9 Å². The molecule has 2 heterocycles. The zero-order valence-electron chi connectivity index (χ0n) is 14.4. The molecule has 1 aliphatic rings. The normalized spacial score (nSPS) is 21.5. The Bertz CT molecular complexity index is 650. The summed E-state index contributed by atoms with van der Waals surface area (Å²) in [4.78, 5) is 15.9. The topological polar surface area (TPSA) is 58.4 Å². The Kier molecular flexibility index (Phi) is 7.44. The van der Waals surface area contributed by atoms with Gasteiger partial charge in [-0.2, -0.15) is 0 Å². The number of nitrogens with zero attached hydrogens (tertiary/aromatic N) is 1. The van der Waals surface area contributed by atoms with Crippen LogP contribution in [0.3, 0.4) is 0 Å².